The number of rotatable bonds is 6. The first kappa shape index (κ1) is 14.8. The predicted molar refractivity (Wildman–Crippen MR) is 72.8 cm³/mol. The summed E-state index contributed by atoms with van der Waals surface area (Å²) in [6, 6.07) is 0. The summed E-state index contributed by atoms with van der Waals surface area (Å²) in [7, 11) is 0. The summed E-state index contributed by atoms with van der Waals surface area (Å²) in [5, 5.41) is 0. The van der Waals surface area contributed by atoms with Crippen LogP contribution in [0.15, 0.2) is 0 Å². The van der Waals surface area contributed by atoms with Gasteiger partial charge in [0.15, 0.2) is 0 Å². The molecule has 1 atom stereocenters. The van der Waals surface area contributed by atoms with E-state index >= 15 is 0 Å². The third kappa shape index (κ3) is 4.75. The molecule has 0 radical (unpaired) electrons. The van der Waals surface area contributed by atoms with Crippen LogP contribution in [0.4, 0.5) is 0 Å². The zero-order chi connectivity index (χ0) is 13.5. The molecule has 2 N–H and O–H groups in total. The van der Waals surface area contributed by atoms with Gasteiger partial charge in [0, 0.05) is 26.3 Å². The third-order valence-electron chi connectivity index (χ3n) is 3.92. The molecule has 2 aliphatic rings. The fraction of sp³-hybridized carbons (Fsp3) is 0.929. The highest BCUT2D eigenvalue weighted by Gasteiger charge is 2.26. The van der Waals surface area contributed by atoms with Crippen molar-refractivity contribution in [2.24, 2.45) is 5.73 Å². The van der Waals surface area contributed by atoms with Crippen LogP contribution in [-0.2, 0) is 14.3 Å². The molecule has 0 aromatic heterocycles. The van der Waals surface area contributed by atoms with E-state index in [0.29, 0.717) is 19.1 Å². The Morgan fingerprint density at radius 2 is 2.11 bits per heavy atom. The second-order valence-electron chi connectivity index (χ2n) is 5.43. The van der Waals surface area contributed by atoms with Gasteiger partial charge in [-0.1, -0.05) is 0 Å². The van der Waals surface area contributed by atoms with Gasteiger partial charge in [-0.3, -0.25) is 4.79 Å². The molecule has 5 heteroatoms. The summed E-state index contributed by atoms with van der Waals surface area (Å²) in [6.45, 7) is 3.87. The molecule has 0 spiro atoms. The topological polar surface area (TPSA) is 64.8 Å². The molecule has 1 unspecified atom stereocenters. The number of likely N-dealkylation sites (tertiary alicyclic amines) is 1. The highest BCUT2D eigenvalue weighted by Crippen LogP contribution is 2.19. The zero-order valence-electron chi connectivity index (χ0n) is 11.7. The van der Waals surface area contributed by atoms with Crippen LogP contribution in [0, 0.1) is 0 Å². The Labute approximate surface area is 115 Å². The average molecular weight is 270 g/mol. The molecule has 2 saturated heterocycles. The number of carbonyl (C=O) groups excluding carboxylic acids is 1. The van der Waals surface area contributed by atoms with Gasteiger partial charge in [-0.05, 0) is 38.6 Å². The van der Waals surface area contributed by atoms with Crippen LogP contribution in [0.2, 0.25) is 0 Å². The molecule has 0 aliphatic carbocycles. The molecule has 0 bridgehead atoms. The SMILES string of the molecule is NCCCOC1CCN(C(=O)CC2CCCO2)CC1. The Kier molecular flexibility index (Phi) is 6.07. The van der Waals surface area contributed by atoms with Crippen LogP contribution < -0.4 is 5.73 Å². The van der Waals surface area contributed by atoms with Gasteiger partial charge in [-0.2, -0.15) is 0 Å². The number of hydrogen-bond acceptors (Lipinski definition) is 4. The van der Waals surface area contributed by atoms with E-state index in [1.165, 1.54) is 0 Å². The van der Waals surface area contributed by atoms with Gasteiger partial charge in [0.25, 0.3) is 0 Å². The number of carbonyl (C=O) groups is 1. The van der Waals surface area contributed by atoms with Crippen LogP contribution in [0.25, 0.3) is 0 Å². The molecule has 110 valence electrons. The lowest BCUT2D eigenvalue weighted by molar-refractivity contribution is -0.136. The van der Waals surface area contributed by atoms with Crippen molar-refractivity contribution in [1.82, 2.24) is 4.90 Å². The van der Waals surface area contributed by atoms with E-state index in [2.05, 4.69) is 0 Å². The fourth-order valence-corrected chi connectivity index (χ4v) is 2.73. The van der Waals surface area contributed by atoms with Gasteiger partial charge in [-0.25, -0.2) is 0 Å². The molecular formula is C14H26N2O3. The van der Waals surface area contributed by atoms with Crippen molar-refractivity contribution in [2.75, 3.05) is 32.8 Å². The summed E-state index contributed by atoms with van der Waals surface area (Å²) in [4.78, 5) is 14.1. The molecule has 2 heterocycles. The maximum atomic E-state index is 12.1. The summed E-state index contributed by atoms with van der Waals surface area (Å²) in [5.41, 5.74) is 5.44. The normalized spacial score (nSPS) is 24.9. The van der Waals surface area contributed by atoms with Crippen LogP contribution >= 0.6 is 0 Å². The van der Waals surface area contributed by atoms with Crippen molar-refractivity contribution in [3.8, 4) is 0 Å². The monoisotopic (exact) mass is 270 g/mol. The number of nitrogens with zero attached hydrogens (tertiary/aromatic N) is 1. The van der Waals surface area contributed by atoms with E-state index in [1.54, 1.807) is 0 Å². The largest absolute Gasteiger partial charge is 0.378 e. The van der Waals surface area contributed by atoms with Crippen LogP contribution in [-0.4, -0.2) is 55.9 Å². The summed E-state index contributed by atoms with van der Waals surface area (Å²) in [6.07, 6.45) is 5.95. The molecule has 1 amide bonds. The highest BCUT2D eigenvalue weighted by atomic mass is 16.5. The van der Waals surface area contributed by atoms with Crippen molar-refractivity contribution in [2.45, 2.75) is 50.7 Å². The van der Waals surface area contributed by atoms with E-state index in [4.69, 9.17) is 15.2 Å². The number of piperidine rings is 1. The lowest BCUT2D eigenvalue weighted by atomic mass is 10.1. The van der Waals surface area contributed by atoms with Gasteiger partial charge >= 0.3 is 0 Å². The predicted octanol–water partition coefficient (Wildman–Crippen LogP) is 0.912. The Balaban J connectivity index is 1.63. The molecule has 2 aliphatic heterocycles. The smallest absolute Gasteiger partial charge is 0.225 e. The van der Waals surface area contributed by atoms with Gasteiger partial charge in [0.1, 0.15) is 0 Å². The van der Waals surface area contributed by atoms with Crippen LogP contribution in [0.1, 0.15) is 38.5 Å². The highest BCUT2D eigenvalue weighted by molar-refractivity contribution is 5.76. The third-order valence-corrected chi connectivity index (χ3v) is 3.92. The van der Waals surface area contributed by atoms with Crippen LogP contribution in [0.3, 0.4) is 0 Å². The second-order valence-corrected chi connectivity index (χ2v) is 5.43. The van der Waals surface area contributed by atoms with E-state index < -0.39 is 0 Å². The van der Waals surface area contributed by atoms with Crippen molar-refractivity contribution >= 4 is 5.91 Å². The van der Waals surface area contributed by atoms with Crippen LogP contribution in [0.5, 0.6) is 0 Å². The molecule has 2 rings (SSSR count). The van der Waals surface area contributed by atoms with Gasteiger partial charge in [-0.15, -0.1) is 0 Å². The van der Waals surface area contributed by atoms with E-state index in [-0.39, 0.29) is 12.0 Å². The molecule has 0 aromatic rings. The van der Waals surface area contributed by atoms with Gasteiger partial charge in [0.2, 0.25) is 5.91 Å². The second kappa shape index (κ2) is 7.82. The summed E-state index contributed by atoms with van der Waals surface area (Å²) >= 11 is 0. The summed E-state index contributed by atoms with van der Waals surface area (Å²) < 4.78 is 11.3. The lowest BCUT2D eigenvalue weighted by Crippen LogP contribution is -2.42. The first-order chi connectivity index (χ1) is 9.29. The van der Waals surface area contributed by atoms with E-state index in [1.807, 2.05) is 4.90 Å². The van der Waals surface area contributed by atoms with Crippen molar-refractivity contribution < 1.29 is 14.3 Å². The quantitative estimate of drug-likeness (QED) is 0.729. The first-order valence-corrected chi connectivity index (χ1v) is 7.50. The Hall–Kier alpha value is -0.650. The Bertz CT molecular complexity index is 272. The standard InChI is InChI=1S/C14H26N2O3/c15-6-2-10-18-12-4-7-16(8-5-12)14(17)11-13-3-1-9-19-13/h12-13H,1-11,15H2. The number of amides is 1. The number of ether oxygens (including phenoxy) is 2. The minimum Gasteiger partial charge on any atom is -0.378 e. The number of hydrogen-bond donors (Lipinski definition) is 1. The minimum absolute atomic E-state index is 0.158. The zero-order valence-corrected chi connectivity index (χ0v) is 11.7. The molecule has 0 aromatic carbocycles. The maximum absolute atomic E-state index is 12.1. The van der Waals surface area contributed by atoms with Crippen molar-refractivity contribution in [3.05, 3.63) is 0 Å². The molecule has 19 heavy (non-hydrogen) atoms. The average Bonchev–Trinajstić information content (AvgIpc) is 2.93. The molecular weight excluding hydrogens is 244 g/mol. The minimum atomic E-state index is 0.158. The molecule has 5 nitrogen and oxygen atoms in total. The van der Waals surface area contributed by atoms with Crippen molar-refractivity contribution in [1.29, 1.82) is 0 Å². The van der Waals surface area contributed by atoms with E-state index in [0.717, 1.165) is 58.4 Å². The number of nitrogens with two attached hydrogens (primary N) is 1. The van der Waals surface area contributed by atoms with E-state index in [9.17, 15) is 4.79 Å². The van der Waals surface area contributed by atoms with Crippen molar-refractivity contribution in [3.63, 3.8) is 0 Å². The van der Waals surface area contributed by atoms with Gasteiger partial charge < -0.3 is 20.1 Å². The fourth-order valence-electron chi connectivity index (χ4n) is 2.73. The molecule has 2 fully saturated rings. The molecule has 0 saturated carbocycles. The summed E-state index contributed by atoms with van der Waals surface area (Å²) in [5.74, 6) is 0.243. The maximum Gasteiger partial charge on any atom is 0.225 e. The lowest BCUT2D eigenvalue weighted by Gasteiger charge is -2.32. The first-order valence-electron chi connectivity index (χ1n) is 7.50. The van der Waals surface area contributed by atoms with Gasteiger partial charge in [0.05, 0.1) is 18.6 Å². The Morgan fingerprint density at radius 1 is 1.32 bits per heavy atom. The Morgan fingerprint density at radius 3 is 2.74 bits per heavy atom.